The van der Waals surface area contributed by atoms with E-state index in [4.69, 9.17) is 0 Å². The van der Waals surface area contributed by atoms with Gasteiger partial charge in [0.2, 0.25) is 0 Å². The first kappa shape index (κ1) is 15.7. The van der Waals surface area contributed by atoms with Gasteiger partial charge in [-0.25, -0.2) is 0 Å². The molecule has 0 fully saturated rings. The lowest BCUT2D eigenvalue weighted by atomic mass is 10.1. The molecule has 0 atom stereocenters. The van der Waals surface area contributed by atoms with Crippen LogP contribution in [0.3, 0.4) is 0 Å². The van der Waals surface area contributed by atoms with Crippen LogP contribution in [-0.4, -0.2) is 23.9 Å². The molecule has 1 aromatic rings. The number of unbranched alkanes of at least 4 members (excludes halogenated alkanes) is 2. The first-order valence-electron chi connectivity index (χ1n) is 7.61. The van der Waals surface area contributed by atoms with Crippen molar-refractivity contribution in [3.8, 4) is 0 Å². The molecular formula is C17H27NO. The molecule has 2 heteroatoms. The standard InChI is InChI=1S/C17H27NO/c1-4-7-13-18(14-8-5-2)17(19)16-11-9-15(6-3)10-12-16/h9-12H,4-8,13-14H2,1-3H3. The van der Waals surface area contributed by atoms with Crippen molar-refractivity contribution in [2.45, 2.75) is 52.9 Å². The predicted molar refractivity (Wildman–Crippen MR) is 81.5 cm³/mol. The summed E-state index contributed by atoms with van der Waals surface area (Å²) in [5, 5.41) is 0. The molecule has 0 spiro atoms. The molecule has 0 N–H and O–H groups in total. The van der Waals surface area contributed by atoms with Crippen molar-refractivity contribution in [1.82, 2.24) is 4.90 Å². The molecule has 0 aliphatic rings. The highest BCUT2D eigenvalue weighted by atomic mass is 16.2. The molecule has 0 aliphatic carbocycles. The van der Waals surface area contributed by atoms with Crippen LogP contribution >= 0.6 is 0 Å². The molecule has 106 valence electrons. The van der Waals surface area contributed by atoms with Crippen LogP contribution in [0.25, 0.3) is 0 Å². The number of hydrogen-bond donors (Lipinski definition) is 0. The van der Waals surface area contributed by atoms with Gasteiger partial charge in [0.1, 0.15) is 0 Å². The number of benzene rings is 1. The minimum absolute atomic E-state index is 0.185. The minimum atomic E-state index is 0.185. The Balaban J connectivity index is 2.72. The van der Waals surface area contributed by atoms with Crippen LogP contribution in [0.1, 0.15) is 62.4 Å². The summed E-state index contributed by atoms with van der Waals surface area (Å²) in [6.45, 7) is 8.22. The topological polar surface area (TPSA) is 20.3 Å². The number of aryl methyl sites for hydroxylation is 1. The van der Waals surface area contributed by atoms with Crippen LogP contribution in [0, 0.1) is 0 Å². The Bertz CT molecular complexity index is 361. The van der Waals surface area contributed by atoms with Gasteiger partial charge in [0.05, 0.1) is 0 Å². The van der Waals surface area contributed by atoms with Gasteiger partial charge in [-0.1, -0.05) is 45.7 Å². The van der Waals surface area contributed by atoms with Gasteiger partial charge in [0.15, 0.2) is 0 Å². The lowest BCUT2D eigenvalue weighted by Crippen LogP contribution is -2.32. The molecule has 0 bridgehead atoms. The highest BCUT2D eigenvalue weighted by Gasteiger charge is 2.14. The summed E-state index contributed by atoms with van der Waals surface area (Å²) in [4.78, 5) is 14.5. The van der Waals surface area contributed by atoms with E-state index in [9.17, 15) is 4.79 Å². The van der Waals surface area contributed by atoms with Gasteiger partial charge >= 0.3 is 0 Å². The zero-order chi connectivity index (χ0) is 14.1. The fourth-order valence-electron chi connectivity index (χ4n) is 2.08. The SMILES string of the molecule is CCCCN(CCCC)C(=O)c1ccc(CC)cc1. The highest BCUT2D eigenvalue weighted by molar-refractivity contribution is 5.94. The first-order chi connectivity index (χ1) is 9.22. The van der Waals surface area contributed by atoms with E-state index in [-0.39, 0.29) is 5.91 Å². The number of rotatable bonds is 8. The van der Waals surface area contributed by atoms with Crippen LogP contribution in [0.15, 0.2) is 24.3 Å². The van der Waals surface area contributed by atoms with Crippen molar-refractivity contribution < 1.29 is 4.79 Å². The number of carbonyl (C=O) groups excluding carboxylic acids is 1. The molecule has 0 saturated carbocycles. The molecule has 0 aromatic heterocycles. The summed E-state index contributed by atoms with van der Waals surface area (Å²) in [6.07, 6.45) is 5.45. The summed E-state index contributed by atoms with van der Waals surface area (Å²) >= 11 is 0. The third kappa shape index (κ3) is 5.06. The predicted octanol–water partition coefficient (Wildman–Crippen LogP) is 4.29. The quantitative estimate of drug-likeness (QED) is 0.683. The molecule has 1 rings (SSSR count). The van der Waals surface area contributed by atoms with E-state index in [0.717, 1.165) is 50.8 Å². The van der Waals surface area contributed by atoms with Crippen LogP contribution in [0.4, 0.5) is 0 Å². The molecule has 0 heterocycles. The van der Waals surface area contributed by atoms with Crippen LogP contribution in [-0.2, 0) is 6.42 Å². The average molecular weight is 261 g/mol. The number of hydrogen-bond acceptors (Lipinski definition) is 1. The van der Waals surface area contributed by atoms with Crippen LogP contribution in [0.5, 0.6) is 0 Å². The lowest BCUT2D eigenvalue weighted by Gasteiger charge is -2.22. The third-order valence-electron chi connectivity index (χ3n) is 3.46. The van der Waals surface area contributed by atoms with Crippen LogP contribution in [0.2, 0.25) is 0 Å². The Morgan fingerprint density at radius 3 is 1.89 bits per heavy atom. The van der Waals surface area contributed by atoms with E-state index < -0.39 is 0 Å². The van der Waals surface area contributed by atoms with Gasteiger partial charge in [0, 0.05) is 18.7 Å². The van der Waals surface area contributed by atoms with E-state index in [2.05, 4.69) is 32.9 Å². The minimum Gasteiger partial charge on any atom is -0.339 e. The lowest BCUT2D eigenvalue weighted by molar-refractivity contribution is 0.0751. The molecule has 1 amide bonds. The first-order valence-corrected chi connectivity index (χ1v) is 7.61. The zero-order valence-electron chi connectivity index (χ0n) is 12.6. The summed E-state index contributed by atoms with van der Waals surface area (Å²) in [5.41, 5.74) is 2.11. The Morgan fingerprint density at radius 1 is 0.947 bits per heavy atom. The Kier molecular flexibility index (Phi) is 7.24. The van der Waals surface area contributed by atoms with Crippen LogP contribution < -0.4 is 0 Å². The molecule has 19 heavy (non-hydrogen) atoms. The fourth-order valence-corrected chi connectivity index (χ4v) is 2.08. The molecular weight excluding hydrogens is 234 g/mol. The number of nitrogens with zero attached hydrogens (tertiary/aromatic N) is 1. The summed E-state index contributed by atoms with van der Waals surface area (Å²) in [6, 6.07) is 8.05. The third-order valence-corrected chi connectivity index (χ3v) is 3.46. The Morgan fingerprint density at radius 2 is 1.47 bits per heavy atom. The maximum absolute atomic E-state index is 12.5. The Labute approximate surface area is 117 Å². The van der Waals surface area contributed by atoms with E-state index in [1.54, 1.807) is 0 Å². The fraction of sp³-hybridized carbons (Fsp3) is 0.588. The summed E-state index contributed by atoms with van der Waals surface area (Å²) in [5.74, 6) is 0.185. The molecule has 0 aliphatic heterocycles. The van der Waals surface area contributed by atoms with Crippen molar-refractivity contribution in [3.63, 3.8) is 0 Å². The van der Waals surface area contributed by atoms with Crippen molar-refractivity contribution in [2.24, 2.45) is 0 Å². The van der Waals surface area contributed by atoms with Gasteiger partial charge in [-0.2, -0.15) is 0 Å². The molecule has 1 aromatic carbocycles. The van der Waals surface area contributed by atoms with Crippen molar-refractivity contribution >= 4 is 5.91 Å². The van der Waals surface area contributed by atoms with Crippen molar-refractivity contribution in [1.29, 1.82) is 0 Å². The average Bonchev–Trinajstić information content (AvgIpc) is 2.47. The van der Waals surface area contributed by atoms with Gasteiger partial charge in [-0.3, -0.25) is 4.79 Å². The molecule has 0 radical (unpaired) electrons. The van der Waals surface area contributed by atoms with Crippen molar-refractivity contribution in [3.05, 3.63) is 35.4 Å². The highest BCUT2D eigenvalue weighted by Crippen LogP contribution is 2.10. The largest absolute Gasteiger partial charge is 0.339 e. The summed E-state index contributed by atoms with van der Waals surface area (Å²) < 4.78 is 0. The van der Waals surface area contributed by atoms with E-state index in [0.29, 0.717) is 0 Å². The van der Waals surface area contributed by atoms with E-state index in [1.807, 2.05) is 17.0 Å². The maximum Gasteiger partial charge on any atom is 0.253 e. The monoisotopic (exact) mass is 261 g/mol. The normalized spacial score (nSPS) is 10.5. The Hall–Kier alpha value is -1.31. The van der Waals surface area contributed by atoms with E-state index in [1.165, 1.54) is 5.56 Å². The number of carbonyl (C=O) groups is 1. The van der Waals surface area contributed by atoms with E-state index >= 15 is 0 Å². The molecule has 0 unspecified atom stereocenters. The van der Waals surface area contributed by atoms with Gasteiger partial charge in [-0.05, 0) is 37.0 Å². The maximum atomic E-state index is 12.5. The van der Waals surface area contributed by atoms with Gasteiger partial charge in [-0.15, -0.1) is 0 Å². The second kappa shape index (κ2) is 8.73. The molecule has 0 saturated heterocycles. The van der Waals surface area contributed by atoms with Gasteiger partial charge in [0.25, 0.3) is 5.91 Å². The smallest absolute Gasteiger partial charge is 0.253 e. The van der Waals surface area contributed by atoms with Gasteiger partial charge < -0.3 is 4.90 Å². The summed E-state index contributed by atoms with van der Waals surface area (Å²) in [7, 11) is 0. The van der Waals surface area contributed by atoms with Crippen molar-refractivity contribution in [2.75, 3.05) is 13.1 Å². The zero-order valence-corrected chi connectivity index (χ0v) is 12.6. The molecule has 2 nitrogen and oxygen atoms in total. The second-order valence-corrected chi connectivity index (χ2v) is 5.05. The number of amides is 1. The second-order valence-electron chi connectivity index (χ2n) is 5.05.